The van der Waals surface area contributed by atoms with Crippen molar-refractivity contribution in [3.63, 3.8) is 0 Å². The summed E-state index contributed by atoms with van der Waals surface area (Å²) < 4.78 is 0. The van der Waals surface area contributed by atoms with Crippen molar-refractivity contribution in [3.8, 4) is 0 Å². The van der Waals surface area contributed by atoms with Gasteiger partial charge in [0.25, 0.3) is 0 Å². The summed E-state index contributed by atoms with van der Waals surface area (Å²) >= 11 is 0. The number of aliphatic imine (C=N–C) groups is 1. The van der Waals surface area contributed by atoms with Crippen molar-refractivity contribution in [2.24, 2.45) is 10.9 Å². The molecular weight excluding hydrogens is 190 g/mol. The van der Waals surface area contributed by atoms with E-state index in [1.807, 2.05) is 6.92 Å². The third-order valence-corrected chi connectivity index (χ3v) is 4.01. The number of nitrogens with zero attached hydrogens (tertiary/aromatic N) is 1. The molecule has 1 N–H and O–H groups in total. The van der Waals surface area contributed by atoms with Crippen LogP contribution in [0.2, 0.25) is 0 Å². The lowest BCUT2D eigenvalue weighted by atomic mass is 9.57. The molecule has 15 heavy (non-hydrogen) atoms. The Morgan fingerprint density at radius 2 is 1.87 bits per heavy atom. The van der Waals surface area contributed by atoms with Gasteiger partial charge in [-0.3, -0.25) is 0 Å². The summed E-state index contributed by atoms with van der Waals surface area (Å²) in [6, 6.07) is 0. The second-order valence-corrected chi connectivity index (χ2v) is 5.49. The minimum atomic E-state index is -0.613. The summed E-state index contributed by atoms with van der Waals surface area (Å²) in [6.45, 7) is 1.83. The molecule has 2 aliphatic rings. The molecule has 0 aromatic rings. The van der Waals surface area contributed by atoms with Gasteiger partial charge in [-0.25, -0.2) is 4.79 Å². The Bertz CT molecular complexity index is 278. The standard InChI is InChI=1S/C12H19NO2/c1-11(15)7-12(8-11,13-9-14)10-5-3-2-4-6-10/h10,15H,2-8H2,1H3. The van der Waals surface area contributed by atoms with Crippen LogP contribution in [-0.2, 0) is 4.79 Å². The monoisotopic (exact) mass is 209 g/mol. The lowest BCUT2D eigenvalue weighted by Gasteiger charge is -2.53. The van der Waals surface area contributed by atoms with Crippen LogP contribution in [0, 0.1) is 5.92 Å². The van der Waals surface area contributed by atoms with Crippen LogP contribution >= 0.6 is 0 Å². The van der Waals surface area contributed by atoms with Gasteiger partial charge >= 0.3 is 0 Å². The Kier molecular flexibility index (Phi) is 2.70. The molecule has 2 fully saturated rings. The quantitative estimate of drug-likeness (QED) is 0.560. The number of aliphatic hydroxyl groups is 1. The van der Waals surface area contributed by atoms with E-state index in [2.05, 4.69) is 4.99 Å². The second kappa shape index (κ2) is 3.73. The molecule has 0 aliphatic heterocycles. The van der Waals surface area contributed by atoms with Crippen LogP contribution in [-0.4, -0.2) is 22.3 Å². The molecule has 0 aromatic carbocycles. The number of carbonyl (C=O) groups excluding carboxylic acids is 1. The van der Waals surface area contributed by atoms with E-state index in [4.69, 9.17) is 0 Å². The minimum absolute atomic E-state index is 0.272. The first-order chi connectivity index (χ1) is 7.08. The Balaban J connectivity index is 2.10. The molecule has 3 heteroatoms. The Morgan fingerprint density at radius 3 is 2.33 bits per heavy atom. The average Bonchev–Trinajstić information content (AvgIpc) is 2.16. The summed E-state index contributed by atoms with van der Waals surface area (Å²) in [5.74, 6) is 0.493. The van der Waals surface area contributed by atoms with Crippen LogP contribution < -0.4 is 0 Å². The van der Waals surface area contributed by atoms with Gasteiger partial charge in [-0.15, -0.1) is 0 Å². The Hall–Kier alpha value is -0.660. The zero-order chi connectivity index (χ0) is 10.9. The van der Waals surface area contributed by atoms with Crippen molar-refractivity contribution in [1.29, 1.82) is 0 Å². The SMILES string of the molecule is CC1(O)CC(N=C=O)(C2CCCCC2)C1. The molecule has 0 amide bonds. The van der Waals surface area contributed by atoms with E-state index in [0.29, 0.717) is 18.8 Å². The number of hydrogen-bond acceptors (Lipinski definition) is 3. The summed E-state index contributed by atoms with van der Waals surface area (Å²) in [6.07, 6.45) is 9.07. The highest BCUT2D eigenvalue weighted by molar-refractivity contribution is 5.37. The zero-order valence-corrected chi connectivity index (χ0v) is 9.33. The van der Waals surface area contributed by atoms with Gasteiger partial charge < -0.3 is 5.11 Å². The van der Waals surface area contributed by atoms with Crippen LogP contribution in [0.5, 0.6) is 0 Å². The van der Waals surface area contributed by atoms with Crippen LogP contribution in [0.25, 0.3) is 0 Å². The summed E-state index contributed by atoms with van der Waals surface area (Å²) in [4.78, 5) is 14.5. The fourth-order valence-corrected chi connectivity index (χ4v) is 3.46. The van der Waals surface area contributed by atoms with Gasteiger partial charge in [0.05, 0.1) is 11.1 Å². The number of rotatable bonds is 2. The topological polar surface area (TPSA) is 49.7 Å². The molecule has 84 valence electrons. The van der Waals surface area contributed by atoms with E-state index in [1.165, 1.54) is 19.3 Å². The molecule has 2 saturated carbocycles. The molecule has 0 radical (unpaired) electrons. The largest absolute Gasteiger partial charge is 0.390 e. The number of isocyanates is 1. The Morgan fingerprint density at radius 1 is 1.27 bits per heavy atom. The van der Waals surface area contributed by atoms with E-state index >= 15 is 0 Å². The van der Waals surface area contributed by atoms with Gasteiger partial charge in [0, 0.05) is 12.8 Å². The summed E-state index contributed by atoms with van der Waals surface area (Å²) in [5, 5.41) is 9.82. The van der Waals surface area contributed by atoms with Crippen molar-refractivity contribution in [3.05, 3.63) is 0 Å². The van der Waals surface area contributed by atoms with E-state index in [-0.39, 0.29) is 5.54 Å². The number of hydrogen-bond donors (Lipinski definition) is 1. The van der Waals surface area contributed by atoms with Crippen molar-refractivity contribution >= 4 is 6.08 Å². The molecule has 0 bridgehead atoms. The molecule has 2 aliphatic carbocycles. The van der Waals surface area contributed by atoms with Crippen LogP contribution in [0.15, 0.2) is 4.99 Å². The molecule has 0 heterocycles. The van der Waals surface area contributed by atoms with E-state index in [0.717, 1.165) is 12.8 Å². The first kappa shape index (κ1) is 10.8. The van der Waals surface area contributed by atoms with E-state index in [9.17, 15) is 9.90 Å². The molecule has 0 aromatic heterocycles. The van der Waals surface area contributed by atoms with Crippen molar-refractivity contribution in [2.75, 3.05) is 0 Å². The lowest BCUT2D eigenvalue weighted by Crippen LogP contribution is -2.58. The van der Waals surface area contributed by atoms with E-state index in [1.54, 1.807) is 6.08 Å². The predicted molar refractivity (Wildman–Crippen MR) is 57.3 cm³/mol. The van der Waals surface area contributed by atoms with Crippen molar-refractivity contribution in [1.82, 2.24) is 0 Å². The smallest absolute Gasteiger partial charge is 0.235 e. The molecule has 0 saturated heterocycles. The minimum Gasteiger partial charge on any atom is -0.390 e. The first-order valence-corrected chi connectivity index (χ1v) is 5.89. The van der Waals surface area contributed by atoms with Gasteiger partial charge in [0.2, 0.25) is 6.08 Å². The van der Waals surface area contributed by atoms with Crippen molar-refractivity contribution < 1.29 is 9.90 Å². The summed E-state index contributed by atoms with van der Waals surface area (Å²) in [5.41, 5.74) is -0.885. The maximum absolute atomic E-state index is 10.5. The van der Waals surface area contributed by atoms with Gasteiger partial charge in [-0.05, 0) is 25.7 Å². The summed E-state index contributed by atoms with van der Waals surface area (Å²) in [7, 11) is 0. The first-order valence-electron chi connectivity index (χ1n) is 5.89. The maximum Gasteiger partial charge on any atom is 0.235 e. The highest BCUT2D eigenvalue weighted by atomic mass is 16.3. The normalized spacial score (nSPS) is 41.7. The highest BCUT2D eigenvalue weighted by Gasteiger charge is 2.55. The predicted octanol–water partition coefficient (Wildman–Crippen LogP) is 2.19. The molecule has 3 nitrogen and oxygen atoms in total. The maximum atomic E-state index is 10.5. The van der Waals surface area contributed by atoms with Gasteiger partial charge in [-0.2, -0.15) is 4.99 Å². The third kappa shape index (κ3) is 1.99. The van der Waals surface area contributed by atoms with E-state index < -0.39 is 5.60 Å². The molecule has 0 spiro atoms. The lowest BCUT2D eigenvalue weighted by molar-refractivity contribution is -0.0958. The van der Waals surface area contributed by atoms with Gasteiger partial charge in [0.1, 0.15) is 0 Å². The molecule has 0 unspecified atom stereocenters. The fourth-order valence-electron chi connectivity index (χ4n) is 3.46. The molecular formula is C12H19NO2. The third-order valence-electron chi connectivity index (χ3n) is 4.01. The fraction of sp³-hybridized carbons (Fsp3) is 0.917. The Labute approximate surface area is 90.6 Å². The van der Waals surface area contributed by atoms with Crippen molar-refractivity contribution in [2.45, 2.75) is 63.0 Å². The van der Waals surface area contributed by atoms with Crippen LogP contribution in [0.4, 0.5) is 0 Å². The van der Waals surface area contributed by atoms with Gasteiger partial charge in [-0.1, -0.05) is 19.3 Å². The second-order valence-electron chi connectivity index (χ2n) is 5.49. The molecule has 0 atom stereocenters. The molecule has 2 rings (SSSR count). The van der Waals surface area contributed by atoms with Gasteiger partial charge in [0.15, 0.2) is 0 Å². The van der Waals surface area contributed by atoms with Crippen LogP contribution in [0.3, 0.4) is 0 Å². The zero-order valence-electron chi connectivity index (χ0n) is 9.33. The highest BCUT2D eigenvalue weighted by Crippen LogP contribution is 2.52. The average molecular weight is 209 g/mol. The van der Waals surface area contributed by atoms with Crippen LogP contribution in [0.1, 0.15) is 51.9 Å².